The fourth-order valence-corrected chi connectivity index (χ4v) is 3.97. The van der Waals surface area contributed by atoms with E-state index >= 15 is 0 Å². The van der Waals surface area contributed by atoms with Gasteiger partial charge in [0.1, 0.15) is 5.75 Å². The third-order valence-corrected chi connectivity index (χ3v) is 5.57. The molecule has 0 aliphatic carbocycles. The quantitative estimate of drug-likeness (QED) is 0.375. The zero-order valence-corrected chi connectivity index (χ0v) is 18.0. The van der Waals surface area contributed by atoms with E-state index in [1.807, 2.05) is 18.2 Å². The van der Waals surface area contributed by atoms with Crippen LogP contribution in [0.25, 0.3) is 22.4 Å². The van der Waals surface area contributed by atoms with Crippen LogP contribution in [0, 0.1) is 0 Å². The SMILES string of the molecule is CC(=O)Oc1cccc(/C=c2\sc3nc(-c4ccc(C(C)(C)C)cc4)nn3c2=O)c1. The first-order valence-corrected chi connectivity index (χ1v) is 10.3. The number of fused-ring (bicyclic) bond motifs is 1. The molecule has 4 aromatic rings. The summed E-state index contributed by atoms with van der Waals surface area (Å²) in [6.45, 7) is 7.84. The molecule has 0 N–H and O–H groups in total. The van der Waals surface area contributed by atoms with Gasteiger partial charge in [-0.15, -0.1) is 5.10 Å². The smallest absolute Gasteiger partial charge is 0.308 e. The first-order valence-electron chi connectivity index (χ1n) is 9.51. The lowest BCUT2D eigenvalue weighted by Gasteiger charge is -2.18. The number of carbonyl (C=O) groups is 1. The molecule has 0 aliphatic rings. The molecule has 152 valence electrons. The standard InChI is InChI=1S/C23H21N3O3S/c1-14(27)29-18-7-5-6-15(12-18)13-19-21(28)26-22(30-19)24-20(25-26)16-8-10-17(11-9-16)23(2,3)4/h5-13H,1-4H3/b19-13-. The van der Waals surface area contributed by atoms with E-state index in [1.54, 1.807) is 24.3 Å². The number of hydrogen-bond acceptors (Lipinski definition) is 6. The van der Waals surface area contributed by atoms with E-state index in [0.29, 0.717) is 21.1 Å². The zero-order chi connectivity index (χ0) is 21.5. The van der Waals surface area contributed by atoms with E-state index in [0.717, 1.165) is 11.1 Å². The van der Waals surface area contributed by atoms with Gasteiger partial charge in [0.2, 0.25) is 4.96 Å². The Morgan fingerprint density at radius 1 is 1.13 bits per heavy atom. The Bertz CT molecular complexity index is 1350. The van der Waals surface area contributed by atoms with E-state index in [4.69, 9.17) is 4.74 Å². The van der Waals surface area contributed by atoms with E-state index < -0.39 is 5.97 Å². The van der Waals surface area contributed by atoms with Crippen molar-refractivity contribution in [2.24, 2.45) is 0 Å². The normalized spacial score (nSPS) is 12.5. The summed E-state index contributed by atoms with van der Waals surface area (Å²) in [5.74, 6) is 0.574. The third kappa shape index (κ3) is 4.02. The predicted octanol–water partition coefficient (Wildman–Crippen LogP) is 3.59. The molecule has 0 unspecified atom stereocenters. The highest BCUT2D eigenvalue weighted by molar-refractivity contribution is 7.15. The Hall–Kier alpha value is -3.32. The minimum atomic E-state index is -0.390. The fraction of sp³-hybridized carbons (Fsp3) is 0.217. The van der Waals surface area contributed by atoms with Gasteiger partial charge in [0, 0.05) is 12.5 Å². The third-order valence-electron chi connectivity index (χ3n) is 4.61. The van der Waals surface area contributed by atoms with Crippen LogP contribution in [-0.4, -0.2) is 20.6 Å². The molecule has 0 spiro atoms. The largest absolute Gasteiger partial charge is 0.427 e. The molecular formula is C23H21N3O3S. The van der Waals surface area contributed by atoms with Crippen molar-refractivity contribution in [1.82, 2.24) is 14.6 Å². The summed E-state index contributed by atoms with van der Waals surface area (Å²) in [5, 5.41) is 4.41. The van der Waals surface area contributed by atoms with Gasteiger partial charge in [0.05, 0.1) is 4.53 Å². The summed E-state index contributed by atoms with van der Waals surface area (Å²) in [7, 11) is 0. The summed E-state index contributed by atoms with van der Waals surface area (Å²) < 4.78 is 6.94. The molecule has 2 heterocycles. The summed E-state index contributed by atoms with van der Waals surface area (Å²) in [6, 6.07) is 15.1. The zero-order valence-electron chi connectivity index (χ0n) is 17.2. The summed E-state index contributed by atoms with van der Waals surface area (Å²) >= 11 is 1.27. The molecule has 0 fully saturated rings. The first kappa shape index (κ1) is 20.0. The Kier molecular flexibility index (Phi) is 4.99. The van der Waals surface area contributed by atoms with Gasteiger partial charge < -0.3 is 4.74 Å². The number of carbonyl (C=O) groups excluding carboxylic acids is 1. The molecule has 2 aromatic carbocycles. The van der Waals surface area contributed by atoms with Crippen LogP contribution in [0.15, 0.2) is 53.3 Å². The number of ether oxygens (including phenoxy) is 1. The van der Waals surface area contributed by atoms with Crippen molar-refractivity contribution in [3.05, 3.63) is 74.5 Å². The highest BCUT2D eigenvalue weighted by Gasteiger charge is 2.15. The molecule has 0 aliphatic heterocycles. The summed E-state index contributed by atoms with van der Waals surface area (Å²) in [5.41, 5.74) is 2.70. The maximum absolute atomic E-state index is 12.8. The maximum atomic E-state index is 12.8. The Labute approximate surface area is 177 Å². The highest BCUT2D eigenvalue weighted by atomic mass is 32.1. The van der Waals surface area contributed by atoms with E-state index in [2.05, 4.69) is 43.0 Å². The average Bonchev–Trinajstić information content (AvgIpc) is 3.21. The van der Waals surface area contributed by atoms with E-state index in [9.17, 15) is 9.59 Å². The van der Waals surface area contributed by atoms with Crippen LogP contribution in [0.2, 0.25) is 0 Å². The van der Waals surface area contributed by atoms with Crippen molar-refractivity contribution in [3.63, 3.8) is 0 Å². The van der Waals surface area contributed by atoms with Crippen molar-refractivity contribution in [2.75, 3.05) is 0 Å². The van der Waals surface area contributed by atoms with Crippen LogP contribution in [0.5, 0.6) is 5.75 Å². The van der Waals surface area contributed by atoms with Gasteiger partial charge in [-0.1, -0.05) is 68.5 Å². The molecule has 0 amide bonds. The molecule has 7 heteroatoms. The van der Waals surface area contributed by atoms with Gasteiger partial charge in [0.15, 0.2) is 5.82 Å². The maximum Gasteiger partial charge on any atom is 0.308 e. The minimum absolute atomic E-state index is 0.0696. The number of rotatable bonds is 3. The number of aromatic nitrogens is 3. The Balaban J connectivity index is 1.69. The second-order valence-corrected chi connectivity index (χ2v) is 9.05. The molecule has 0 bridgehead atoms. The monoisotopic (exact) mass is 419 g/mol. The fourth-order valence-electron chi connectivity index (χ4n) is 3.06. The van der Waals surface area contributed by atoms with Crippen LogP contribution in [0.1, 0.15) is 38.8 Å². The van der Waals surface area contributed by atoms with Crippen LogP contribution >= 0.6 is 11.3 Å². The van der Waals surface area contributed by atoms with Crippen LogP contribution < -0.4 is 14.8 Å². The predicted molar refractivity (Wildman–Crippen MR) is 118 cm³/mol. The molecular weight excluding hydrogens is 398 g/mol. The van der Waals surface area contributed by atoms with Gasteiger partial charge in [-0.05, 0) is 34.8 Å². The van der Waals surface area contributed by atoms with Crippen molar-refractivity contribution in [1.29, 1.82) is 0 Å². The second-order valence-electron chi connectivity index (χ2n) is 8.04. The summed E-state index contributed by atoms with van der Waals surface area (Å²) in [6.07, 6.45) is 1.74. The minimum Gasteiger partial charge on any atom is -0.427 e. The number of benzene rings is 2. The molecule has 6 nitrogen and oxygen atoms in total. The number of esters is 1. The number of hydrogen-bond donors (Lipinski definition) is 0. The number of nitrogens with zero attached hydrogens (tertiary/aromatic N) is 3. The van der Waals surface area contributed by atoms with Crippen LogP contribution in [0.4, 0.5) is 0 Å². The molecule has 4 rings (SSSR count). The van der Waals surface area contributed by atoms with E-state index in [-0.39, 0.29) is 11.0 Å². The average molecular weight is 420 g/mol. The lowest BCUT2D eigenvalue weighted by atomic mass is 9.87. The van der Waals surface area contributed by atoms with Gasteiger partial charge >= 0.3 is 5.97 Å². The lowest BCUT2D eigenvalue weighted by Crippen LogP contribution is -2.23. The molecule has 0 saturated carbocycles. The molecule has 0 saturated heterocycles. The molecule has 30 heavy (non-hydrogen) atoms. The topological polar surface area (TPSA) is 73.6 Å². The first-order chi connectivity index (χ1) is 14.2. The second kappa shape index (κ2) is 7.50. The molecule has 0 atom stereocenters. The van der Waals surface area contributed by atoms with E-state index in [1.165, 1.54) is 28.3 Å². The van der Waals surface area contributed by atoms with Crippen molar-refractivity contribution in [2.45, 2.75) is 33.1 Å². The van der Waals surface area contributed by atoms with Gasteiger partial charge in [-0.3, -0.25) is 9.59 Å². The van der Waals surface area contributed by atoms with Crippen LogP contribution in [-0.2, 0) is 10.2 Å². The Morgan fingerprint density at radius 2 is 1.87 bits per heavy atom. The van der Waals surface area contributed by atoms with Gasteiger partial charge in [-0.25, -0.2) is 0 Å². The molecule has 0 radical (unpaired) electrons. The highest BCUT2D eigenvalue weighted by Crippen LogP contribution is 2.25. The van der Waals surface area contributed by atoms with Crippen molar-refractivity contribution >= 4 is 28.3 Å². The van der Waals surface area contributed by atoms with Gasteiger partial charge in [-0.2, -0.15) is 9.50 Å². The lowest BCUT2D eigenvalue weighted by molar-refractivity contribution is -0.131. The molecule has 2 aromatic heterocycles. The summed E-state index contributed by atoms with van der Waals surface area (Å²) in [4.78, 5) is 29.0. The van der Waals surface area contributed by atoms with Crippen molar-refractivity contribution in [3.8, 4) is 17.1 Å². The van der Waals surface area contributed by atoms with Crippen molar-refractivity contribution < 1.29 is 9.53 Å². The Morgan fingerprint density at radius 3 is 2.50 bits per heavy atom. The van der Waals surface area contributed by atoms with Gasteiger partial charge in [0.25, 0.3) is 5.56 Å². The van der Waals surface area contributed by atoms with Crippen LogP contribution in [0.3, 0.4) is 0 Å². The number of thiazole rings is 1.